The van der Waals surface area contributed by atoms with Gasteiger partial charge in [0.05, 0.1) is 11.2 Å². The van der Waals surface area contributed by atoms with Gasteiger partial charge in [-0.1, -0.05) is 32.0 Å². The molecular formula is C13H16N6. The number of aromatic nitrogens is 4. The first-order valence-electron chi connectivity index (χ1n) is 6.30. The number of pyridine rings is 1. The molecule has 0 saturated carbocycles. The minimum absolute atomic E-state index is 0.533. The van der Waals surface area contributed by atoms with Crippen molar-refractivity contribution < 1.29 is 0 Å². The molecule has 6 nitrogen and oxygen atoms in total. The second-order valence-electron chi connectivity index (χ2n) is 4.99. The quantitative estimate of drug-likeness (QED) is 0.748. The van der Waals surface area contributed by atoms with Gasteiger partial charge >= 0.3 is 0 Å². The third kappa shape index (κ3) is 1.85. The van der Waals surface area contributed by atoms with Crippen molar-refractivity contribution in [3.63, 3.8) is 0 Å². The molecule has 19 heavy (non-hydrogen) atoms. The number of fused-ring (bicyclic) bond motifs is 3. The van der Waals surface area contributed by atoms with Crippen LogP contribution >= 0.6 is 0 Å². The number of nitrogens with one attached hydrogen (secondary N) is 1. The smallest absolute Gasteiger partial charge is 0.204 e. The lowest BCUT2D eigenvalue weighted by Gasteiger charge is -2.14. The van der Waals surface area contributed by atoms with E-state index >= 15 is 0 Å². The molecule has 98 valence electrons. The molecule has 6 heteroatoms. The van der Waals surface area contributed by atoms with Crippen molar-refractivity contribution in [1.82, 2.24) is 20.0 Å². The van der Waals surface area contributed by atoms with Crippen molar-refractivity contribution in [2.75, 3.05) is 17.6 Å². The van der Waals surface area contributed by atoms with Crippen LogP contribution in [0.3, 0.4) is 0 Å². The maximum absolute atomic E-state index is 6.19. The summed E-state index contributed by atoms with van der Waals surface area (Å²) >= 11 is 0. The molecular weight excluding hydrogens is 240 g/mol. The minimum Gasteiger partial charge on any atom is -0.394 e. The fraction of sp³-hybridized carbons (Fsp3) is 0.308. The van der Waals surface area contributed by atoms with Crippen LogP contribution in [0.5, 0.6) is 0 Å². The Hall–Kier alpha value is -2.37. The molecule has 1 aromatic carbocycles. The van der Waals surface area contributed by atoms with E-state index in [-0.39, 0.29) is 0 Å². The van der Waals surface area contributed by atoms with Crippen LogP contribution < -0.4 is 11.1 Å². The van der Waals surface area contributed by atoms with Crippen molar-refractivity contribution in [3.05, 3.63) is 24.3 Å². The standard InChI is InChI=1S/C13H16N6/c1-8(2)7-15-12-9-5-3-4-6-10(9)19-13(11(12)14)16-17-18-19/h3-6,8,15H,7,14H2,1-2H3. The van der Waals surface area contributed by atoms with E-state index in [1.54, 1.807) is 4.52 Å². The number of anilines is 2. The predicted octanol–water partition coefficient (Wildman–Crippen LogP) is 1.93. The van der Waals surface area contributed by atoms with Crippen LogP contribution in [0.15, 0.2) is 24.3 Å². The zero-order valence-electron chi connectivity index (χ0n) is 11.0. The topological polar surface area (TPSA) is 81.1 Å². The average Bonchev–Trinajstić information content (AvgIpc) is 2.88. The largest absolute Gasteiger partial charge is 0.394 e. The molecule has 0 unspecified atom stereocenters. The lowest BCUT2D eigenvalue weighted by molar-refractivity contribution is 0.689. The molecule has 3 rings (SSSR count). The summed E-state index contributed by atoms with van der Waals surface area (Å²) in [6, 6.07) is 7.96. The second-order valence-corrected chi connectivity index (χ2v) is 4.99. The zero-order valence-corrected chi connectivity index (χ0v) is 11.0. The molecule has 0 bridgehead atoms. The predicted molar refractivity (Wildman–Crippen MR) is 76.0 cm³/mol. The van der Waals surface area contributed by atoms with E-state index in [9.17, 15) is 0 Å². The molecule has 2 aromatic heterocycles. The van der Waals surface area contributed by atoms with Crippen LogP contribution in [-0.4, -0.2) is 26.6 Å². The highest BCUT2D eigenvalue weighted by molar-refractivity contribution is 6.02. The van der Waals surface area contributed by atoms with Gasteiger partial charge in [-0.2, -0.15) is 4.52 Å². The lowest BCUT2D eigenvalue weighted by atomic mass is 10.1. The number of benzene rings is 1. The van der Waals surface area contributed by atoms with Crippen molar-refractivity contribution in [2.45, 2.75) is 13.8 Å². The molecule has 0 fully saturated rings. The monoisotopic (exact) mass is 256 g/mol. The third-order valence-corrected chi connectivity index (χ3v) is 3.07. The Morgan fingerprint density at radius 2 is 2.11 bits per heavy atom. The highest BCUT2D eigenvalue weighted by atomic mass is 15.5. The van der Waals surface area contributed by atoms with E-state index in [0.29, 0.717) is 17.3 Å². The number of hydrogen-bond acceptors (Lipinski definition) is 5. The molecule has 3 aromatic rings. The van der Waals surface area contributed by atoms with Gasteiger partial charge in [0.25, 0.3) is 0 Å². The summed E-state index contributed by atoms with van der Waals surface area (Å²) in [5.74, 6) is 0.533. The fourth-order valence-electron chi connectivity index (χ4n) is 2.14. The highest BCUT2D eigenvalue weighted by Crippen LogP contribution is 2.31. The number of nitrogens with zero attached hydrogens (tertiary/aromatic N) is 4. The third-order valence-electron chi connectivity index (χ3n) is 3.07. The number of nitrogens with two attached hydrogens (primary N) is 1. The van der Waals surface area contributed by atoms with Gasteiger partial charge in [0.15, 0.2) is 0 Å². The van der Waals surface area contributed by atoms with E-state index in [2.05, 4.69) is 34.7 Å². The van der Waals surface area contributed by atoms with Gasteiger partial charge in [0.1, 0.15) is 5.69 Å². The fourth-order valence-corrected chi connectivity index (χ4v) is 2.14. The highest BCUT2D eigenvalue weighted by Gasteiger charge is 2.14. The van der Waals surface area contributed by atoms with Crippen LogP contribution in [0, 0.1) is 5.92 Å². The van der Waals surface area contributed by atoms with Crippen LogP contribution in [-0.2, 0) is 0 Å². The normalized spacial score (nSPS) is 11.5. The van der Waals surface area contributed by atoms with Crippen LogP contribution in [0.2, 0.25) is 0 Å². The van der Waals surface area contributed by atoms with E-state index in [1.165, 1.54) is 0 Å². The number of hydrogen-bond donors (Lipinski definition) is 2. The zero-order chi connectivity index (χ0) is 13.4. The Balaban J connectivity index is 2.29. The van der Waals surface area contributed by atoms with E-state index in [0.717, 1.165) is 23.1 Å². The number of nitrogen functional groups attached to an aromatic ring is 1. The summed E-state index contributed by atoms with van der Waals surface area (Å²) in [6.07, 6.45) is 0. The summed E-state index contributed by atoms with van der Waals surface area (Å²) in [7, 11) is 0. The molecule has 0 saturated heterocycles. The Morgan fingerprint density at radius 1 is 1.32 bits per heavy atom. The van der Waals surface area contributed by atoms with Crippen LogP contribution in [0.4, 0.5) is 11.4 Å². The SMILES string of the molecule is CC(C)CNc1c(N)c2nnnn2c2ccccc12. The molecule has 0 radical (unpaired) electrons. The van der Waals surface area contributed by atoms with Crippen molar-refractivity contribution >= 4 is 27.9 Å². The molecule has 0 atom stereocenters. The first-order valence-corrected chi connectivity index (χ1v) is 6.30. The Labute approximate surface area is 110 Å². The van der Waals surface area contributed by atoms with Gasteiger partial charge in [0.2, 0.25) is 5.65 Å². The average molecular weight is 256 g/mol. The van der Waals surface area contributed by atoms with Gasteiger partial charge in [-0.05, 0) is 22.4 Å². The lowest BCUT2D eigenvalue weighted by Crippen LogP contribution is -2.11. The van der Waals surface area contributed by atoms with Crippen molar-refractivity contribution in [2.24, 2.45) is 5.92 Å². The Morgan fingerprint density at radius 3 is 2.89 bits per heavy atom. The first kappa shape index (κ1) is 11.7. The maximum Gasteiger partial charge on any atom is 0.204 e. The summed E-state index contributed by atoms with van der Waals surface area (Å²) < 4.78 is 1.67. The van der Waals surface area contributed by atoms with E-state index in [4.69, 9.17) is 5.73 Å². The van der Waals surface area contributed by atoms with Gasteiger partial charge in [-0.3, -0.25) is 0 Å². The molecule has 0 spiro atoms. The molecule has 2 heterocycles. The molecule has 0 amide bonds. The van der Waals surface area contributed by atoms with Crippen LogP contribution in [0.1, 0.15) is 13.8 Å². The second kappa shape index (κ2) is 4.38. The Bertz CT molecular complexity index is 730. The molecule has 3 N–H and O–H groups in total. The number of rotatable bonds is 3. The van der Waals surface area contributed by atoms with Crippen molar-refractivity contribution in [1.29, 1.82) is 0 Å². The van der Waals surface area contributed by atoms with Gasteiger partial charge in [0, 0.05) is 11.9 Å². The summed E-state index contributed by atoms with van der Waals surface area (Å²) in [6.45, 7) is 5.16. The molecule has 0 aliphatic heterocycles. The van der Waals surface area contributed by atoms with Crippen molar-refractivity contribution in [3.8, 4) is 0 Å². The van der Waals surface area contributed by atoms with E-state index < -0.39 is 0 Å². The van der Waals surface area contributed by atoms with Gasteiger partial charge < -0.3 is 11.1 Å². The molecule has 0 aliphatic rings. The van der Waals surface area contributed by atoms with E-state index in [1.807, 2.05) is 24.3 Å². The number of tetrazole rings is 1. The molecule has 0 aliphatic carbocycles. The van der Waals surface area contributed by atoms with Gasteiger partial charge in [-0.15, -0.1) is 5.10 Å². The summed E-state index contributed by atoms with van der Waals surface area (Å²) in [5, 5.41) is 16.1. The Kier molecular flexibility index (Phi) is 2.70. The first-order chi connectivity index (χ1) is 9.18. The summed E-state index contributed by atoms with van der Waals surface area (Å²) in [4.78, 5) is 0. The van der Waals surface area contributed by atoms with Crippen LogP contribution in [0.25, 0.3) is 16.6 Å². The summed E-state index contributed by atoms with van der Waals surface area (Å²) in [5.41, 5.74) is 9.22. The number of para-hydroxylation sites is 1. The maximum atomic E-state index is 6.19. The van der Waals surface area contributed by atoms with Gasteiger partial charge in [-0.25, -0.2) is 0 Å². The minimum atomic E-state index is 0.533.